The molecule has 0 bridgehead atoms. The summed E-state index contributed by atoms with van der Waals surface area (Å²) < 4.78 is 4.96. The Morgan fingerprint density at radius 2 is 2.33 bits per heavy atom. The number of nitrogens with one attached hydrogen (secondary N) is 2. The van der Waals surface area contributed by atoms with Gasteiger partial charge in [-0.15, -0.1) is 0 Å². The number of anilines is 1. The number of hydrogen-bond donors (Lipinski definition) is 2. The number of hydrogen-bond acceptors (Lipinski definition) is 4. The number of rotatable bonds is 5. The lowest BCUT2D eigenvalue weighted by atomic mass is 10.2. The number of aromatic nitrogens is 1. The van der Waals surface area contributed by atoms with E-state index >= 15 is 0 Å². The molecule has 0 aliphatic carbocycles. The molecule has 7 nitrogen and oxygen atoms in total. The van der Waals surface area contributed by atoms with Crippen molar-refractivity contribution in [1.29, 1.82) is 0 Å². The number of carbonyl (C=O) groups is 2. The Kier molecular flexibility index (Phi) is 5.10. The lowest BCUT2D eigenvalue weighted by molar-refractivity contribution is -0.128. The molecule has 1 atom stereocenters. The molecule has 114 valence electrons. The van der Waals surface area contributed by atoms with Crippen LogP contribution in [-0.4, -0.2) is 54.7 Å². The molecule has 1 aliphatic rings. The van der Waals surface area contributed by atoms with Gasteiger partial charge in [0.1, 0.15) is 0 Å². The molecule has 1 aromatic rings. The van der Waals surface area contributed by atoms with E-state index in [1.54, 1.807) is 24.4 Å². The SMILES string of the molecule is COCCN1CC(NC(=O)Nc2cncc(C)c2)CC1=O. The fraction of sp³-hybridized carbons (Fsp3) is 0.500. The van der Waals surface area contributed by atoms with Crippen LogP contribution >= 0.6 is 0 Å². The minimum absolute atomic E-state index is 0.0366. The van der Waals surface area contributed by atoms with Crippen molar-refractivity contribution in [2.24, 2.45) is 0 Å². The Hall–Kier alpha value is -2.15. The normalized spacial score (nSPS) is 17.9. The minimum atomic E-state index is -0.325. The zero-order valence-corrected chi connectivity index (χ0v) is 12.3. The average Bonchev–Trinajstić information content (AvgIpc) is 2.76. The minimum Gasteiger partial charge on any atom is -0.383 e. The van der Waals surface area contributed by atoms with Crippen molar-refractivity contribution < 1.29 is 14.3 Å². The van der Waals surface area contributed by atoms with Gasteiger partial charge in [-0.25, -0.2) is 4.79 Å². The maximum atomic E-state index is 11.9. The van der Waals surface area contributed by atoms with E-state index < -0.39 is 0 Å². The molecule has 2 rings (SSSR count). The number of nitrogens with zero attached hydrogens (tertiary/aromatic N) is 2. The molecule has 0 radical (unpaired) electrons. The predicted molar refractivity (Wildman–Crippen MR) is 78.0 cm³/mol. The number of carbonyl (C=O) groups excluding carboxylic acids is 2. The van der Waals surface area contributed by atoms with Crippen LogP contribution in [-0.2, 0) is 9.53 Å². The van der Waals surface area contributed by atoms with E-state index in [4.69, 9.17) is 4.74 Å². The van der Waals surface area contributed by atoms with E-state index in [9.17, 15) is 9.59 Å². The van der Waals surface area contributed by atoms with Gasteiger partial charge in [0.05, 0.1) is 24.5 Å². The third-order valence-electron chi connectivity index (χ3n) is 3.25. The maximum absolute atomic E-state index is 11.9. The highest BCUT2D eigenvalue weighted by molar-refractivity contribution is 5.90. The fourth-order valence-corrected chi connectivity index (χ4v) is 2.26. The second-order valence-electron chi connectivity index (χ2n) is 5.08. The molecule has 21 heavy (non-hydrogen) atoms. The maximum Gasteiger partial charge on any atom is 0.319 e. The van der Waals surface area contributed by atoms with Crippen LogP contribution in [0.1, 0.15) is 12.0 Å². The van der Waals surface area contributed by atoms with Crippen molar-refractivity contribution in [2.75, 3.05) is 32.1 Å². The van der Waals surface area contributed by atoms with Crippen molar-refractivity contribution in [2.45, 2.75) is 19.4 Å². The smallest absolute Gasteiger partial charge is 0.319 e. The van der Waals surface area contributed by atoms with E-state index in [1.807, 2.05) is 13.0 Å². The molecule has 7 heteroatoms. The molecule has 0 saturated carbocycles. The topological polar surface area (TPSA) is 83.6 Å². The van der Waals surface area contributed by atoms with Gasteiger partial charge in [-0.3, -0.25) is 9.78 Å². The van der Waals surface area contributed by atoms with Crippen molar-refractivity contribution in [3.05, 3.63) is 24.0 Å². The molecule has 2 N–H and O–H groups in total. The Balaban J connectivity index is 1.82. The average molecular weight is 292 g/mol. The van der Waals surface area contributed by atoms with Crippen LogP contribution in [0.4, 0.5) is 10.5 Å². The zero-order valence-electron chi connectivity index (χ0n) is 12.3. The van der Waals surface area contributed by atoms with E-state index in [0.29, 0.717) is 31.8 Å². The van der Waals surface area contributed by atoms with Crippen LogP contribution < -0.4 is 10.6 Å². The van der Waals surface area contributed by atoms with Crippen molar-refractivity contribution in [3.63, 3.8) is 0 Å². The first kappa shape index (κ1) is 15.2. The molecular formula is C14H20N4O3. The Morgan fingerprint density at radius 1 is 1.52 bits per heavy atom. The number of aryl methyl sites for hydroxylation is 1. The molecule has 3 amide bonds. The van der Waals surface area contributed by atoms with Crippen molar-refractivity contribution in [3.8, 4) is 0 Å². The van der Waals surface area contributed by atoms with Gasteiger partial charge in [0, 0.05) is 32.8 Å². The van der Waals surface area contributed by atoms with E-state index in [-0.39, 0.29) is 18.0 Å². The number of amides is 3. The summed E-state index contributed by atoms with van der Waals surface area (Å²) in [4.78, 5) is 29.4. The lowest BCUT2D eigenvalue weighted by Crippen LogP contribution is -2.40. The fourth-order valence-electron chi connectivity index (χ4n) is 2.26. The van der Waals surface area contributed by atoms with Gasteiger partial charge < -0.3 is 20.3 Å². The quantitative estimate of drug-likeness (QED) is 0.839. The van der Waals surface area contributed by atoms with Gasteiger partial charge in [-0.1, -0.05) is 0 Å². The van der Waals surface area contributed by atoms with Gasteiger partial charge in [0.25, 0.3) is 0 Å². The summed E-state index contributed by atoms with van der Waals surface area (Å²) in [7, 11) is 1.60. The van der Waals surface area contributed by atoms with Gasteiger partial charge in [-0.2, -0.15) is 0 Å². The largest absolute Gasteiger partial charge is 0.383 e. The van der Waals surface area contributed by atoms with E-state index in [1.165, 1.54) is 0 Å². The summed E-state index contributed by atoms with van der Waals surface area (Å²) in [6.45, 7) is 3.47. The molecule has 1 aliphatic heterocycles. The first-order chi connectivity index (χ1) is 10.1. The molecule has 2 heterocycles. The Morgan fingerprint density at radius 3 is 3.05 bits per heavy atom. The second-order valence-corrected chi connectivity index (χ2v) is 5.08. The highest BCUT2D eigenvalue weighted by atomic mass is 16.5. The third kappa shape index (κ3) is 4.42. The summed E-state index contributed by atoms with van der Waals surface area (Å²) in [5.74, 6) is 0.0366. The molecule has 0 aromatic carbocycles. The molecule has 1 saturated heterocycles. The first-order valence-corrected chi connectivity index (χ1v) is 6.84. The van der Waals surface area contributed by atoms with Crippen LogP contribution in [0.5, 0.6) is 0 Å². The standard InChI is InChI=1S/C14H20N4O3/c1-10-5-11(8-15-7-10)16-14(20)17-12-6-13(19)18(9-12)3-4-21-2/h5,7-8,12H,3-4,6,9H2,1-2H3,(H2,16,17,20). The number of pyridine rings is 1. The molecule has 1 unspecified atom stereocenters. The molecular weight excluding hydrogens is 272 g/mol. The summed E-state index contributed by atoms with van der Waals surface area (Å²) in [5.41, 5.74) is 1.60. The Bertz CT molecular complexity index is 521. The van der Waals surface area contributed by atoms with E-state index in [2.05, 4.69) is 15.6 Å². The second kappa shape index (κ2) is 7.03. The van der Waals surface area contributed by atoms with Crippen LogP contribution in [0.2, 0.25) is 0 Å². The van der Waals surface area contributed by atoms with Crippen molar-refractivity contribution >= 4 is 17.6 Å². The summed E-state index contributed by atoms with van der Waals surface area (Å²) >= 11 is 0. The highest BCUT2D eigenvalue weighted by Crippen LogP contribution is 2.11. The summed E-state index contributed by atoms with van der Waals surface area (Å²) in [6.07, 6.45) is 3.62. The Labute approximate surface area is 123 Å². The van der Waals surface area contributed by atoms with Crippen LogP contribution in [0, 0.1) is 6.92 Å². The molecule has 0 spiro atoms. The number of ether oxygens (including phenoxy) is 1. The first-order valence-electron chi connectivity index (χ1n) is 6.84. The molecule has 1 aromatic heterocycles. The molecule has 1 fully saturated rings. The predicted octanol–water partition coefficient (Wildman–Crippen LogP) is 0.759. The van der Waals surface area contributed by atoms with Crippen LogP contribution in [0.15, 0.2) is 18.5 Å². The summed E-state index contributed by atoms with van der Waals surface area (Å²) in [6, 6.07) is 1.33. The van der Waals surface area contributed by atoms with Crippen LogP contribution in [0.3, 0.4) is 0 Å². The lowest BCUT2D eigenvalue weighted by Gasteiger charge is -2.16. The number of urea groups is 1. The number of likely N-dealkylation sites (tertiary alicyclic amines) is 1. The monoisotopic (exact) mass is 292 g/mol. The van der Waals surface area contributed by atoms with Gasteiger partial charge in [0.15, 0.2) is 0 Å². The van der Waals surface area contributed by atoms with Crippen LogP contribution in [0.25, 0.3) is 0 Å². The number of methoxy groups -OCH3 is 1. The van der Waals surface area contributed by atoms with Gasteiger partial charge in [0.2, 0.25) is 5.91 Å². The zero-order chi connectivity index (χ0) is 15.2. The summed E-state index contributed by atoms with van der Waals surface area (Å²) in [5, 5.41) is 5.52. The van der Waals surface area contributed by atoms with Crippen molar-refractivity contribution in [1.82, 2.24) is 15.2 Å². The van der Waals surface area contributed by atoms with E-state index in [0.717, 1.165) is 5.56 Å². The third-order valence-corrected chi connectivity index (χ3v) is 3.25. The highest BCUT2D eigenvalue weighted by Gasteiger charge is 2.30. The van der Waals surface area contributed by atoms with Gasteiger partial charge >= 0.3 is 6.03 Å². The van der Waals surface area contributed by atoms with Gasteiger partial charge in [-0.05, 0) is 18.6 Å².